The Morgan fingerprint density at radius 1 is 1.54 bits per heavy atom. The van der Waals surface area contributed by atoms with E-state index in [1.54, 1.807) is 6.20 Å². The van der Waals surface area contributed by atoms with Crippen LogP contribution in [0.4, 0.5) is 0 Å². The molecule has 74 valence electrons. The zero-order chi connectivity index (χ0) is 9.73. The molecule has 1 aromatic rings. The van der Waals surface area contributed by atoms with Crippen molar-refractivity contribution in [1.29, 1.82) is 0 Å². The van der Waals surface area contributed by atoms with Gasteiger partial charge in [0, 0.05) is 25.0 Å². The summed E-state index contributed by atoms with van der Waals surface area (Å²) in [6, 6.07) is 1.99. The van der Waals surface area contributed by atoms with Gasteiger partial charge in [-0.05, 0) is 17.9 Å². The predicted octanol–water partition coefficient (Wildman–Crippen LogP) is 1.94. The summed E-state index contributed by atoms with van der Waals surface area (Å²) in [5.41, 5.74) is 1.53. The molecule has 0 saturated carbocycles. The van der Waals surface area contributed by atoms with E-state index >= 15 is 0 Å². The zero-order valence-corrected chi connectivity index (χ0v) is 8.72. The number of hydrogen-bond donors (Lipinski definition) is 2. The summed E-state index contributed by atoms with van der Waals surface area (Å²) < 4.78 is 0. The van der Waals surface area contributed by atoms with Gasteiger partial charge in [0.25, 0.3) is 0 Å². The van der Waals surface area contributed by atoms with Gasteiger partial charge in [0.15, 0.2) is 0 Å². The van der Waals surface area contributed by atoms with Crippen LogP contribution < -0.4 is 5.32 Å². The highest BCUT2D eigenvalue weighted by Crippen LogP contribution is 2.17. The Hall–Kier alpha value is -0.830. The molecule has 3 heteroatoms. The van der Waals surface area contributed by atoms with Crippen molar-refractivity contribution < 1.29 is 0 Å². The zero-order valence-electron chi connectivity index (χ0n) is 8.72. The molecule has 0 unspecified atom stereocenters. The third-order valence-corrected chi connectivity index (χ3v) is 2.43. The molecular formula is C10H19N3. The van der Waals surface area contributed by atoms with Crippen LogP contribution in [0.25, 0.3) is 0 Å². The van der Waals surface area contributed by atoms with E-state index in [4.69, 9.17) is 0 Å². The van der Waals surface area contributed by atoms with E-state index in [0.29, 0.717) is 5.41 Å². The molecule has 0 fully saturated rings. The molecule has 0 aliphatic rings. The van der Waals surface area contributed by atoms with Gasteiger partial charge in [0.2, 0.25) is 0 Å². The van der Waals surface area contributed by atoms with Gasteiger partial charge in [-0.1, -0.05) is 20.8 Å². The number of rotatable bonds is 5. The van der Waals surface area contributed by atoms with Crippen LogP contribution in [0, 0.1) is 5.41 Å². The van der Waals surface area contributed by atoms with E-state index < -0.39 is 0 Å². The molecule has 0 radical (unpaired) electrons. The van der Waals surface area contributed by atoms with E-state index in [2.05, 4.69) is 36.3 Å². The minimum atomic E-state index is 0.389. The number of aromatic nitrogens is 2. The van der Waals surface area contributed by atoms with Crippen LogP contribution in [0.2, 0.25) is 0 Å². The molecule has 0 aliphatic heterocycles. The second-order valence-electron chi connectivity index (χ2n) is 4.20. The summed E-state index contributed by atoms with van der Waals surface area (Å²) in [5.74, 6) is 0. The van der Waals surface area contributed by atoms with E-state index in [1.165, 1.54) is 6.42 Å². The van der Waals surface area contributed by atoms with E-state index in [1.807, 2.05) is 6.07 Å². The molecule has 1 rings (SSSR count). The Labute approximate surface area is 79.9 Å². The van der Waals surface area contributed by atoms with Crippen LogP contribution in [0.5, 0.6) is 0 Å². The highest BCUT2D eigenvalue weighted by atomic mass is 15.1. The summed E-state index contributed by atoms with van der Waals surface area (Å²) in [6.45, 7) is 8.68. The normalized spacial score (nSPS) is 11.9. The molecule has 3 nitrogen and oxygen atoms in total. The lowest BCUT2D eigenvalue weighted by molar-refractivity contribution is 0.327. The van der Waals surface area contributed by atoms with Crippen LogP contribution in [0.15, 0.2) is 12.3 Å². The maximum Gasteiger partial charge on any atom is 0.0490 e. The quantitative estimate of drug-likeness (QED) is 0.728. The predicted molar refractivity (Wildman–Crippen MR) is 54.4 cm³/mol. The lowest BCUT2D eigenvalue weighted by Crippen LogP contribution is -2.28. The summed E-state index contributed by atoms with van der Waals surface area (Å²) in [7, 11) is 0. The topological polar surface area (TPSA) is 40.7 Å². The van der Waals surface area contributed by atoms with E-state index in [0.717, 1.165) is 18.8 Å². The standard InChI is InChI=1S/C10H19N3/c1-4-10(2,3)8-11-7-9-5-6-12-13-9/h5-6,11H,4,7-8H2,1-3H3,(H,12,13). The van der Waals surface area contributed by atoms with Crippen LogP contribution >= 0.6 is 0 Å². The largest absolute Gasteiger partial charge is 0.311 e. The Morgan fingerprint density at radius 3 is 2.85 bits per heavy atom. The van der Waals surface area contributed by atoms with E-state index in [9.17, 15) is 0 Å². The lowest BCUT2D eigenvalue weighted by Gasteiger charge is -2.22. The molecule has 0 aromatic carbocycles. The van der Waals surface area contributed by atoms with Gasteiger partial charge in [0.05, 0.1) is 0 Å². The molecule has 13 heavy (non-hydrogen) atoms. The number of hydrogen-bond acceptors (Lipinski definition) is 2. The van der Waals surface area contributed by atoms with Crippen molar-refractivity contribution in [3.8, 4) is 0 Å². The maximum absolute atomic E-state index is 3.89. The average molecular weight is 181 g/mol. The first-order chi connectivity index (χ1) is 6.14. The molecule has 0 amide bonds. The Morgan fingerprint density at radius 2 is 2.31 bits per heavy atom. The van der Waals surface area contributed by atoms with Crippen LogP contribution in [0.1, 0.15) is 32.9 Å². The molecular weight excluding hydrogens is 162 g/mol. The van der Waals surface area contributed by atoms with Crippen molar-refractivity contribution >= 4 is 0 Å². The monoisotopic (exact) mass is 181 g/mol. The maximum atomic E-state index is 3.89. The average Bonchev–Trinajstić information content (AvgIpc) is 2.57. The molecule has 0 bridgehead atoms. The number of H-pyrrole nitrogens is 1. The van der Waals surface area contributed by atoms with Crippen LogP contribution in [-0.2, 0) is 6.54 Å². The minimum absolute atomic E-state index is 0.389. The van der Waals surface area contributed by atoms with Gasteiger partial charge >= 0.3 is 0 Å². The number of aromatic amines is 1. The number of nitrogens with one attached hydrogen (secondary N) is 2. The molecule has 0 atom stereocenters. The van der Waals surface area contributed by atoms with Crippen LogP contribution in [0.3, 0.4) is 0 Å². The van der Waals surface area contributed by atoms with Crippen molar-refractivity contribution in [2.75, 3.05) is 6.54 Å². The van der Waals surface area contributed by atoms with Crippen LogP contribution in [-0.4, -0.2) is 16.7 Å². The van der Waals surface area contributed by atoms with Gasteiger partial charge in [-0.25, -0.2) is 0 Å². The molecule has 1 heterocycles. The highest BCUT2D eigenvalue weighted by Gasteiger charge is 2.13. The lowest BCUT2D eigenvalue weighted by atomic mass is 9.90. The summed E-state index contributed by atoms with van der Waals surface area (Å²) in [5, 5.41) is 10.2. The minimum Gasteiger partial charge on any atom is -0.311 e. The van der Waals surface area contributed by atoms with Gasteiger partial charge in [-0.15, -0.1) is 0 Å². The fourth-order valence-corrected chi connectivity index (χ4v) is 1.04. The van der Waals surface area contributed by atoms with Gasteiger partial charge in [-0.2, -0.15) is 5.10 Å². The summed E-state index contributed by atoms with van der Waals surface area (Å²) in [6.07, 6.45) is 2.98. The Bertz CT molecular complexity index is 226. The second-order valence-corrected chi connectivity index (χ2v) is 4.20. The van der Waals surface area contributed by atoms with Crippen molar-refractivity contribution in [2.45, 2.75) is 33.7 Å². The third kappa shape index (κ3) is 3.59. The third-order valence-electron chi connectivity index (χ3n) is 2.43. The Balaban J connectivity index is 2.21. The molecule has 0 spiro atoms. The smallest absolute Gasteiger partial charge is 0.0490 e. The van der Waals surface area contributed by atoms with Gasteiger partial charge < -0.3 is 5.32 Å². The fraction of sp³-hybridized carbons (Fsp3) is 0.700. The second kappa shape index (κ2) is 4.42. The van der Waals surface area contributed by atoms with Crippen molar-refractivity contribution in [3.63, 3.8) is 0 Å². The Kier molecular flexibility index (Phi) is 3.48. The first kappa shape index (κ1) is 10.3. The van der Waals surface area contributed by atoms with Crippen molar-refractivity contribution in [1.82, 2.24) is 15.5 Å². The van der Waals surface area contributed by atoms with Gasteiger partial charge in [0.1, 0.15) is 0 Å². The molecule has 2 N–H and O–H groups in total. The first-order valence-corrected chi connectivity index (χ1v) is 4.83. The molecule has 0 aliphatic carbocycles. The van der Waals surface area contributed by atoms with Crippen molar-refractivity contribution in [3.05, 3.63) is 18.0 Å². The summed E-state index contributed by atoms with van der Waals surface area (Å²) >= 11 is 0. The summed E-state index contributed by atoms with van der Waals surface area (Å²) in [4.78, 5) is 0. The van der Waals surface area contributed by atoms with Crippen molar-refractivity contribution in [2.24, 2.45) is 5.41 Å². The van der Waals surface area contributed by atoms with E-state index in [-0.39, 0.29) is 0 Å². The van der Waals surface area contributed by atoms with Gasteiger partial charge in [-0.3, -0.25) is 5.10 Å². The first-order valence-electron chi connectivity index (χ1n) is 4.83. The molecule has 0 saturated heterocycles. The fourth-order valence-electron chi connectivity index (χ4n) is 1.04. The molecule has 1 aromatic heterocycles. The number of nitrogens with zero attached hydrogens (tertiary/aromatic N) is 1. The highest BCUT2D eigenvalue weighted by molar-refractivity contribution is 4.96. The SMILES string of the molecule is CCC(C)(C)CNCc1ccn[nH]1.